The van der Waals surface area contributed by atoms with Crippen LogP contribution in [-0.2, 0) is 0 Å². The van der Waals surface area contributed by atoms with Crippen molar-refractivity contribution in [3.63, 3.8) is 0 Å². The zero-order valence-corrected chi connectivity index (χ0v) is 18.3. The molecular weight excluding hydrogens is 388 g/mol. The summed E-state index contributed by atoms with van der Waals surface area (Å²) in [5.74, 6) is 0.545. The highest BCUT2D eigenvalue weighted by Gasteiger charge is 2.38. The number of allylic oxidation sites excluding steroid dienone is 7. The lowest BCUT2D eigenvalue weighted by atomic mass is 9.80. The molecule has 7 rings (SSSR count). The van der Waals surface area contributed by atoms with Crippen molar-refractivity contribution in [2.45, 2.75) is 44.2 Å². The van der Waals surface area contributed by atoms with E-state index in [2.05, 4.69) is 94.9 Å². The molecule has 0 spiro atoms. The minimum Gasteiger partial charge on any atom is -0.310 e. The smallest absolute Gasteiger partial charge is 0.0541 e. The van der Waals surface area contributed by atoms with Gasteiger partial charge in [-0.1, -0.05) is 60.7 Å². The molecular formula is C30H28N2. The van der Waals surface area contributed by atoms with Crippen LogP contribution in [0.15, 0.2) is 90.6 Å². The van der Waals surface area contributed by atoms with Crippen molar-refractivity contribution in [1.82, 2.24) is 9.88 Å². The number of aromatic nitrogens is 1. The Morgan fingerprint density at radius 2 is 1.88 bits per heavy atom. The number of benzene rings is 2. The third kappa shape index (κ3) is 2.76. The van der Waals surface area contributed by atoms with Crippen molar-refractivity contribution < 1.29 is 0 Å². The first-order valence-corrected chi connectivity index (χ1v) is 12.1. The molecule has 0 saturated carbocycles. The Kier molecular flexibility index (Phi) is 4.16. The van der Waals surface area contributed by atoms with E-state index in [-0.39, 0.29) is 0 Å². The summed E-state index contributed by atoms with van der Waals surface area (Å²) in [6.07, 6.45) is 22.2. The lowest BCUT2D eigenvalue weighted by molar-refractivity contribution is 0.473. The van der Waals surface area contributed by atoms with E-state index in [0.29, 0.717) is 18.0 Å². The number of hydrogen-bond acceptors (Lipinski definition) is 1. The molecule has 1 aliphatic heterocycles. The standard InChI is InChI=1S/C30H28N2/c1-2-8-22(9-3-1)32-29-13-7-5-11-24(29)26-19-21(15-17-30(26)32)20-14-16-28-25(18-20)23-10-4-6-12-27(23)31-28/h2,4-11,13,15,17-19,25,27-28,31H,1,3,12,14,16H2/t25?,27-,28?/m1/s1. The van der Waals surface area contributed by atoms with Crippen LogP contribution in [-0.4, -0.2) is 16.7 Å². The van der Waals surface area contributed by atoms with Crippen molar-refractivity contribution in [3.05, 3.63) is 96.1 Å². The molecule has 1 saturated heterocycles. The highest BCUT2D eigenvalue weighted by Crippen LogP contribution is 2.42. The van der Waals surface area contributed by atoms with Gasteiger partial charge in [0.2, 0.25) is 0 Å². The SMILES string of the molecule is C1=CC[C@H]2NC3CCC(c4ccc5c(c4)c4ccccc4n5C4=CCCC=C4)=CC3C2=C1. The monoisotopic (exact) mass is 416 g/mol. The van der Waals surface area contributed by atoms with E-state index in [0.717, 1.165) is 25.7 Å². The van der Waals surface area contributed by atoms with Crippen molar-refractivity contribution in [1.29, 1.82) is 0 Å². The zero-order chi connectivity index (χ0) is 21.1. The van der Waals surface area contributed by atoms with E-state index in [1.165, 1.54) is 45.1 Å². The van der Waals surface area contributed by atoms with E-state index in [9.17, 15) is 0 Å². The second-order valence-electron chi connectivity index (χ2n) is 9.61. The Hall–Kier alpha value is -3.10. The summed E-state index contributed by atoms with van der Waals surface area (Å²) in [4.78, 5) is 0. The average molecular weight is 417 g/mol. The number of rotatable bonds is 2. The summed E-state index contributed by atoms with van der Waals surface area (Å²) in [7, 11) is 0. The molecule has 0 amide bonds. The minimum absolute atomic E-state index is 0.544. The number of para-hydroxylation sites is 1. The van der Waals surface area contributed by atoms with Crippen LogP contribution in [0, 0.1) is 5.92 Å². The van der Waals surface area contributed by atoms with Crippen LogP contribution < -0.4 is 5.32 Å². The Bertz CT molecular complexity index is 1390. The van der Waals surface area contributed by atoms with E-state index in [1.54, 1.807) is 5.57 Å². The number of nitrogens with zero attached hydrogens (tertiary/aromatic N) is 1. The molecule has 3 aliphatic carbocycles. The van der Waals surface area contributed by atoms with Crippen LogP contribution in [0.1, 0.15) is 37.7 Å². The highest BCUT2D eigenvalue weighted by atomic mass is 15.0. The number of hydrogen-bond donors (Lipinski definition) is 1. The predicted molar refractivity (Wildman–Crippen MR) is 135 cm³/mol. The second kappa shape index (κ2) is 7.21. The van der Waals surface area contributed by atoms with Crippen LogP contribution in [0.3, 0.4) is 0 Å². The Labute approximate surface area is 189 Å². The lowest BCUT2D eigenvalue weighted by Gasteiger charge is -2.25. The summed E-state index contributed by atoms with van der Waals surface area (Å²) in [5.41, 5.74) is 8.41. The highest BCUT2D eigenvalue weighted by molar-refractivity contribution is 6.11. The van der Waals surface area contributed by atoms with Gasteiger partial charge in [-0.25, -0.2) is 0 Å². The maximum atomic E-state index is 3.88. The minimum atomic E-state index is 0.544. The van der Waals surface area contributed by atoms with Crippen molar-refractivity contribution in [3.8, 4) is 0 Å². The van der Waals surface area contributed by atoms with E-state index in [4.69, 9.17) is 0 Å². The summed E-state index contributed by atoms with van der Waals surface area (Å²) in [5, 5.41) is 6.59. The fourth-order valence-corrected chi connectivity index (χ4v) is 6.29. The fraction of sp³-hybridized carbons (Fsp3) is 0.267. The van der Waals surface area contributed by atoms with Gasteiger partial charge in [-0.05, 0) is 73.1 Å². The molecule has 2 heterocycles. The molecule has 2 heteroatoms. The molecule has 1 N–H and O–H groups in total. The summed E-state index contributed by atoms with van der Waals surface area (Å²) in [6.45, 7) is 0. The molecule has 1 aromatic heterocycles. The third-order valence-electron chi connectivity index (χ3n) is 7.81. The van der Waals surface area contributed by atoms with Gasteiger partial charge < -0.3 is 9.88 Å². The Morgan fingerprint density at radius 3 is 2.81 bits per heavy atom. The van der Waals surface area contributed by atoms with Gasteiger partial charge in [-0.3, -0.25) is 0 Å². The van der Waals surface area contributed by atoms with Gasteiger partial charge in [0.1, 0.15) is 0 Å². The third-order valence-corrected chi connectivity index (χ3v) is 7.81. The quantitative estimate of drug-likeness (QED) is 0.476. The van der Waals surface area contributed by atoms with Gasteiger partial charge in [-0.2, -0.15) is 0 Å². The second-order valence-corrected chi connectivity index (χ2v) is 9.61. The van der Waals surface area contributed by atoms with Gasteiger partial charge >= 0.3 is 0 Å². The van der Waals surface area contributed by atoms with Gasteiger partial charge in [0.25, 0.3) is 0 Å². The van der Waals surface area contributed by atoms with Crippen molar-refractivity contribution in [2.24, 2.45) is 5.92 Å². The summed E-state index contributed by atoms with van der Waals surface area (Å²) >= 11 is 0. The van der Waals surface area contributed by atoms with Gasteiger partial charge in [-0.15, -0.1) is 0 Å². The van der Waals surface area contributed by atoms with Gasteiger partial charge in [0.15, 0.2) is 0 Å². The molecule has 32 heavy (non-hydrogen) atoms. The van der Waals surface area contributed by atoms with Crippen LogP contribution in [0.25, 0.3) is 33.1 Å². The first-order valence-electron chi connectivity index (χ1n) is 12.1. The number of nitrogens with one attached hydrogen (secondary N) is 1. The lowest BCUT2D eigenvalue weighted by Crippen LogP contribution is -2.32. The average Bonchev–Trinajstić information content (AvgIpc) is 3.39. The van der Waals surface area contributed by atoms with Crippen molar-refractivity contribution in [2.75, 3.05) is 0 Å². The summed E-state index contributed by atoms with van der Waals surface area (Å²) in [6, 6.07) is 17.2. The zero-order valence-electron chi connectivity index (χ0n) is 18.3. The molecule has 4 aliphatic rings. The maximum Gasteiger partial charge on any atom is 0.0541 e. The predicted octanol–water partition coefficient (Wildman–Crippen LogP) is 7.01. The van der Waals surface area contributed by atoms with E-state index < -0.39 is 0 Å². The molecule has 2 nitrogen and oxygen atoms in total. The largest absolute Gasteiger partial charge is 0.310 e. The van der Waals surface area contributed by atoms with Gasteiger partial charge in [0.05, 0.1) is 11.0 Å². The Morgan fingerprint density at radius 1 is 0.938 bits per heavy atom. The van der Waals surface area contributed by atoms with E-state index in [1.807, 2.05) is 0 Å². The molecule has 2 aromatic carbocycles. The first kappa shape index (κ1) is 18.5. The maximum absolute atomic E-state index is 3.88. The van der Waals surface area contributed by atoms with Gasteiger partial charge in [0, 0.05) is 34.5 Å². The normalized spacial score (nSPS) is 26.6. The number of fused-ring (bicyclic) bond motifs is 6. The topological polar surface area (TPSA) is 17.0 Å². The molecule has 1 fully saturated rings. The van der Waals surface area contributed by atoms with E-state index >= 15 is 0 Å². The fourth-order valence-electron chi connectivity index (χ4n) is 6.29. The van der Waals surface area contributed by atoms with Crippen molar-refractivity contribution >= 4 is 33.1 Å². The molecule has 3 aromatic rings. The molecule has 0 bridgehead atoms. The molecule has 2 unspecified atom stereocenters. The van der Waals surface area contributed by atoms with Crippen LogP contribution in [0.5, 0.6) is 0 Å². The molecule has 0 radical (unpaired) electrons. The van der Waals surface area contributed by atoms with Crippen LogP contribution in [0.2, 0.25) is 0 Å². The molecule has 3 atom stereocenters. The van der Waals surface area contributed by atoms with Crippen LogP contribution >= 0.6 is 0 Å². The summed E-state index contributed by atoms with van der Waals surface area (Å²) < 4.78 is 2.44. The molecule has 158 valence electrons. The first-order chi connectivity index (χ1) is 15.9. The Balaban J connectivity index is 1.36. The van der Waals surface area contributed by atoms with Crippen LogP contribution in [0.4, 0.5) is 0 Å².